The van der Waals surface area contributed by atoms with Gasteiger partial charge in [-0.25, -0.2) is 0 Å². The monoisotopic (exact) mass is 332 g/mol. The SMILES string of the molecule is CN(C(=O)c1cc2sccc2s1)c1ccccc1C(N)=S. The summed E-state index contributed by atoms with van der Waals surface area (Å²) in [6.07, 6.45) is 0. The van der Waals surface area contributed by atoms with Crippen molar-refractivity contribution in [2.24, 2.45) is 5.73 Å². The van der Waals surface area contributed by atoms with Crippen LogP contribution in [0.15, 0.2) is 41.8 Å². The van der Waals surface area contributed by atoms with E-state index in [0.717, 1.165) is 20.0 Å². The fourth-order valence-corrected chi connectivity index (χ4v) is 4.38. The van der Waals surface area contributed by atoms with Crippen LogP contribution in [0.4, 0.5) is 5.69 Å². The summed E-state index contributed by atoms with van der Waals surface area (Å²) in [5.74, 6) is -0.0490. The normalized spacial score (nSPS) is 10.7. The fourth-order valence-electron chi connectivity index (χ4n) is 2.12. The average molecular weight is 332 g/mol. The number of hydrogen-bond donors (Lipinski definition) is 1. The molecular formula is C15H12N2OS3. The molecule has 0 saturated heterocycles. The van der Waals surface area contributed by atoms with E-state index in [9.17, 15) is 4.79 Å². The van der Waals surface area contributed by atoms with Gasteiger partial charge in [-0.2, -0.15) is 0 Å². The van der Waals surface area contributed by atoms with Gasteiger partial charge in [0.05, 0.1) is 10.6 Å². The van der Waals surface area contributed by atoms with E-state index in [2.05, 4.69) is 0 Å². The number of rotatable bonds is 3. The van der Waals surface area contributed by atoms with Gasteiger partial charge < -0.3 is 10.6 Å². The van der Waals surface area contributed by atoms with Crippen molar-refractivity contribution in [3.05, 3.63) is 52.2 Å². The van der Waals surface area contributed by atoms with Crippen LogP contribution in [0, 0.1) is 0 Å². The van der Waals surface area contributed by atoms with Gasteiger partial charge in [0.2, 0.25) is 0 Å². The van der Waals surface area contributed by atoms with Crippen molar-refractivity contribution in [2.45, 2.75) is 0 Å². The predicted octanol–water partition coefficient (Wildman–Crippen LogP) is 3.87. The summed E-state index contributed by atoms with van der Waals surface area (Å²) >= 11 is 8.20. The van der Waals surface area contributed by atoms with E-state index in [1.165, 1.54) is 11.3 Å². The Morgan fingerprint density at radius 2 is 2.00 bits per heavy atom. The number of para-hydroxylation sites is 1. The second-order valence-electron chi connectivity index (χ2n) is 4.51. The summed E-state index contributed by atoms with van der Waals surface area (Å²) in [6.45, 7) is 0. The molecule has 0 unspecified atom stereocenters. The number of carbonyl (C=O) groups is 1. The Kier molecular flexibility index (Phi) is 3.75. The van der Waals surface area contributed by atoms with Gasteiger partial charge in [-0.1, -0.05) is 24.4 Å². The van der Waals surface area contributed by atoms with Crippen molar-refractivity contribution in [1.29, 1.82) is 0 Å². The molecule has 3 nitrogen and oxygen atoms in total. The Morgan fingerprint density at radius 3 is 2.71 bits per heavy atom. The highest BCUT2D eigenvalue weighted by Crippen LogP contribution is 2.31. The lowest BCUT2D eigenvalue weighted by Crippen LogP contribution is -2.28. The van der Waals surface area contributed by atoms with E-state index in [-0.39, 0.29) is 10.9 Å². The molecule has 6 heteroatoms. The van der Waals surface area contributed by atoms with E-state index >= 15 is 0 Å². The largest absolute Gasteiger partial charge is 0.389 e. The summed E-state index contributed by atoms with van der Waals surface area (Å²) in [4.78, 5) is 15.3. The zero-order valence-corrected chi connectivity index (χ0v) is 13.6. The predicted molar refractivity (Wildman–Crippen MR) is 94.8 cm³/mol. The highest BCUT2D eigenvalue weighted by atomic mass is 32.1. The summed E-state index contributed by atoms with van der Waals surface area (Å²) in [6, 6.07) is 11.4. The fraction of sp³-hybridized carbons (Fsp3) is 0.0667. The van der Waals surface area contributed by atoms with Crippen molar-refractivity contribution in [3.8, 4) is 0 Å². The molecule has 2 aromatic heterocycles. The van der Waals surface area contributed by atoms with Crippen LogP contribution >= 0.6 is 34.9 Å². The average Bonchev–Trinajstić information content (AvgIpc) is 3.06. The maximum Gasteiger partial charge on any atom is 0.268 e. The Morgan fingerprint density at radius 1 is 1.24 bits per heavy atom. The van der Waals surface area contributed by atoms with Crippen molar-refractivity contribution in [3.63, 3.8) is 0 Å². The van der Waals surface area contributed by atoms with Gasteiger partial charge >= 0.3 is 0 Å². The number of anilines is 1. The van der Waals surface area contributed by atoms with Crippen LogP contribution in [-0.2, 0) is 0 Å². The summed E-state index contributed by atoms with van der Waals surface area (Å²) in [5, 5.41) is 2.03. The van der Waals surface area contributed by atoms with Crippen LogP contribution in [-0.4, -0.2) is 17.9 Å². The van der Waals surface area contributed by atoms with Crippen LogP contribution in [0.1, 0.15) is 15.2 Å². The number of thiophene rings is 2. The van der Waals surface area contributed by atoms with Gasteiger partial charge in [0.15, 0.2) is 0 Å². The van der Waals surface area contributed by atoms with Crippen LogP contribution in [0.25, 0.3) is 9.40 Å². The molecule has 0 spiro atoms. The molecule has 3 aromatic rings. The van der Waals surface area contributed by atoms with Crippen LogP contribution in [0.3, 0.4) is 0 Å². The molecular weight excluding hydrogens is 320 g/mol. The van der Waals surface area contributed by atoms with Crippen molar-refractivity contribution in [2.75, 3.05) is 11.9 Å². The van der Waals surface area contributed by atoms with Crippen LogP contribution in [0.5, 0.6) is 0 Å². The number of fused-ring (bicyclic) bond motifs is 1. The molecule has 0 bridgehead atoms. The number of amides is 1. The minimum atomic E-state index is -0.0490. The van der Waals surface area contributed by atoms with E-state index in [1.54, 1.807) is 23.3 Å². The van der Waals surface area contributed by atoms with Gasteiger partial charge in [0.1, 0.15) is 4.99 Å². The highest BCUT2D eigenvalue weighted by Gasteiger charge is 2.19. The first-order chi connectivity index (χ1) is 10.1. The zero-order valence-electron chi connectivity index (χ0n) is 11.2. The number of benzene rings is 1. The lowest BCUT2D eigenvalue weighted by atomic mass is 10.1. The third kappa shape index (κ3) is 2.57. The first-order valence-electron chi connectivity index (χ1n) is 6.22. The smallest absolute Gasteiger partial charge is 0.268 e. The second kappa shape index (κ2) is 5.55. The molecule has 0 aliphatic rings. The first kappa shape index (κ1) is 14.2. The number of carbonyl (C=O) groups excluding carboxylic acids is 1. The van der Waals surface area contributed by atoms with E-state index in [1.807, 2.05) is 41.8 Å². The molecule has 0 saturated carbocycles. The molecule has 0 aliphatic heterocycles. The summed E-state index contributed by atoms with van der Waals surface area (Å²) < 4.78 is 2.28. The number of hydrogen-bond acceptors (Lipinski definition) is 4. The van der Waals surface area contributed by atoms with E-state index in [4.69, 9.17) is 18.0 Å². The van der Waals surface area contributed by atoms with Gasteiger partial charge in [0, 0.05) is 22.0 Å². The van der Waals surface area contributed by atoms with Gasteiger partial charge in [-0.05, 0) is 29.6 Å². The quantitative estimate of drug-likeness (QED) is 0.741. The van der Waals surface area contributed by atoms with Crippen LogP contribution in [0.2, 0.25) is 0 Å². The van der Waals surface area contributed by atoms with Crippen LogP contribution < -0.4 is 10.6 Å². The zero-order chi connectivity index (χ0) is 15.0. The Balaban J connectivity index is 1.98. The lowest BCUT2D eigenvalue weighted by Gasteiger charge is -2.19. The summed E-state index contributed by atoms with van der Waals surface area (Å²) in [5.41, 5.74) is 7.17. The van der Waals surface area contributed by atoms with E-state index in [0.29, 0.717) is 5.56 Å². The van der Waals surface area contributed by atoms with Crippen molar-refractivity contribution >= 4 is 60.9 Å². The number of thiocarbonyl (C=S) groups is 1. The molecule has 21 heavy (non-hydrogen) atoms. The number of nitrogens with two attached hydrogens (primary N) is 1. The summed E-state index contributed by atoms with van der Waals surface area (Å²) in [7, 11) is 1.74. The third-order valence-electron chi connectivity index (χ3n) is 3.19. The number of nitrogens with zero attached hydrogens (tertiary/aromatic N) is 1. The van der Waals surface area contributed by atoms with Crippen molar-refractivity contribution < 1.29 is 4.79 Å². The Bertz CT molecular complexity index is 806. The molecule has 106 valence electrons. The topological polar surface area (TPSA) is 46.3 Å². The third-order valence-corrected chi connectivity index (χ3v) is 5.49. The Hall–Kier alpha value is -1.76. The Labute approximate surface area is 135 Å². The molecule has 2 N–H and O–H groups in total. The second-order valence-corrected chi connectivity index (χ2v) is 6.98. The van der Waals surface area contributed by atoms with Gasteiger partial charge in [-0.15, -0.1) is 22.7 Å². The molecule has 2 heterocycles. The first-order valence-corrected chi connectivity index (χ1v) is 8.32. The molecule has 0 radical (unpaired) electrons. The molecule has 0 atom stereocenters. The standard InChI is InChI=1S/C15H12N2OS3/c1-17(10-5-3-2-4-9(10)14(16)19)15(18)13-8-12-11(21-13)6-7-20-12/h2-8H,1H3,(H2,16,19). The van der Waals surface area contributed by atoms with E-state index < -0.39 is 0 Å². The maximum atomic E-state index is 12.6. The molecule has 1 aromatic carbocycles. The molecule has 0 fully saturated rings. The molecule has 3 rings (SSSR count). The van der Waals surface area contributed by atoms with Crippen molar-refractivity contribution in [1.82, 2.24) is 0 Å². The minimum absolute atomic E-state index is 0.0490. The van der Waals surface area contributed by atoms with Gasteiger partial charge in [-0.3, -0.25) is 4.79 Å². The maximum absolute atomic E-state index is 12.6. The highest BCUT2D eigenvalue weighted by molar-refractivity contribution is 7.80. The lowest BCUT2D eigenvalue weighted by molar-refractivity contribution is 0.0997. The molecule has 0 aliphatic carbocycles. The molecule has 1 amide bonds. The van der Waals surface area contributed by atoms with Gasteiger partial charge in [0.25, 0.3) is 5.91 Å². The minimum Gasteiger partial charge on any atom is -0.389 e.